The standard InChI is InChI=1S/C14H22BrNO/c1-3-10-4-6-11(7-5-10)13(16-2)12-8-9-17-14(12)15/h8-11,13,16H,3-7H2,1-2H3. The first kappa shape index (κ1) is 13.2. The van der Waals surface area contributed by atoms with Gasteiger partial charge in [0.25, 0.3) is 0 Å². The molecule has 1 aliphatic rings. The minimum Gasteiger partial charge on any atom is -0.457 e. The van der Waals surface area contributed by atoms with Crippen LogP contribution in [0.5, 0.6) is 0 Å². The lowest BCUT2D eigenvalue weighted by molar-refractivity contribution is 0.223. The van der Waals surface area contributed by atoms with Crippen LogP contribution in [0.2, 0.25) is 0 Å². The first-order chi connectivity index (χ1) is 8.26. The molecule has 1 unspecified atom stereocenters. The molecule has 0 saturated heterocycles. The van der Waals surface area contributed by atoms with Gasteiger partial charge < -0.3 is 9.73 Å². The highest BCUT2D eigenvalue weighted by Gasteiger charge is 2.28. The van der Waals surface area contributed by atoms with Gasteiger partial charge in [0.1, 0.15) is 0 Å². The summed E-state index contributed by atoms with van der Waals surface area (Å²) in [5.41, 5.74) is 1.27. The summed E-state index contributed by atoms with van der Waals surface area (Å²) in [5.74, 6) is 1.70. The van der Waals surface area contributed by atoms with E-state index in [4.69, 9.17) is 4.42 Å². The van der Waals surface area contributed by atoms with Crippen molar-refractivity contribution in [2.75, 3.05) is 7.05 Å². The fourth-order valence-electron chi connectivity index (χ4n) is 3.10. The normalized spacial score (nSPS) is 27.0. The van der Waals surface area contributed by atoms with Gasteiger partial charge in [0, 0.05) is 11.6 Å². The van der Waals surface area contributed by atoms with E-state index in [0.717, 1.165) is 16.5 Å². The molecule has 1 aromatic rings. The highest BCUT2D eigenvalue weighted by molar-refractivity contribution is 9.10. The number of rotatable bonds is 4. The Morgan fingerprint density at radius 1 is 1.41 bits per heavy atom. The first-order valence-electron chi connectivity index (χ1n) is 6.66. The summed E-state index contributed by atoms with van der Waals surface area (Å²) in [4.78, 5) is 0. The molecule has 17 heavy (non-hydrogen) atoms. The molecule has 2 rings (SSSR count). The molecule has 96 valence electrons. The minimum absolute atomic E-state index is 0.431. The summed E-state index contributed by atoms with van der Waals surface area (Å²) >= 11 is 3.49. The van der Waals surface area contributed by atoms with Crippen LogP contribution < -0.4 is 5.32 Å². The summed E-state index contributed by atoms with van der Waals surface area (Å²) in [6.45, 7) is 2.31. The lowest BCUT2D eigenvalue weighted by Gasteiger charge is -2.33. The predicted molar refractivity (Wildman–Crippen MR) is 73.9 cm³/mol. The molecule has 0 radical (unpaired) electrons. The van der Waals surface area contributed by atoms with Gasteiger partial charge in [-0.2, -0.15) is 0 Å². The Bertz CT molecular complexity index is 342. The number of furan rings is 1. The van der Waals surface area contributed by atoms with E-state index >= 15 is 0 Å². The van der Waals surface area contributed by atoms with E-state index in [9.17, 15) is 0 Å². The van der Waals surface area contributed by atoms with E-state index in [-0.39, 0.29) is 0 Å². The summed E-state index contributed by atoms with van der Waals surface area (Å²) in [7, 11) is 2.05. The largest absolute Gasteiger partial charge is 0.457 e. The Balaban J connectivity index is 2.03. The molecule has 1 fully saturated rings. The Morgan fingerprint density at radius 3 is 2.59 bits per heavy atom. The van der Waals surface area contributed by atoms with Crippen molar-refractivity contribution in [2.24, 2.45) is 11.8 Å². The van der Waals surface area contributed by atoms with E-state index < -0.39 is 0 Å². The van der Waals surface area contributed by atoms with E-state index in [1.807, 2.05) is 0 Å². The van der Waals surface area contributed by atoms with Gasteiger partial charge in [0.05, 0.1) is 6.26 Å². The monoisotopic (exact) mass is 299 g/mol. The zero-order valence-corrected chi connectivity index (χ0v) is 12.3. The van der Waals surface area contributed by atoms with Crippen molar-refractivity contribution in [1.29, 1.82) is 0 Å². The second-order valence-electron chi connectivity index (χ2n) is 5.11. The van der Waals surface area contributed by atoms with E-state index in [1.165, 1.54) is 37.7 Å². The van der Waals surface area contributed by atoms with Crippen molar-refractivity contribution in [3.63, 3.8) is 0 Å². The third-order valence-corrected chi connectivity index (χ3v) is 4.88. The molecule has 0 aliphatic heterocycles. The molecular weight excluding hydrogens is 278 g/mol. The van der Waals surface area contributed by atoms with Crippen LogP contribution in [0, 0.1) is 11.8 Å². The Labute approximate surface area is 112 Å². The summed E-state index contributed by atoms with van der Waals surface area (Å²) in [6, 6.07) is 2.51. The smallest absolute Gasteiger partial charge is 0.173 e. The van der Waals surface area contributed by atoms with Crippen LogP contribution in [-0.2, 0) is 0 Å². The predicted octanol–water partition coefficient (Wildman–Crippen LogP) is 4.52. The van der Waals surface area contributed by atoms with Gasteiger partial charge in [-0.05, 0) is 53.7 Å². The summed E-state index contributed by atoms with van der Waals surface area (Å²) < 4.78 is 6.24. The molecule has 1 saturated carbocycles. The van der Waals surface area contributed by atoms with Crippen molar-refractivity contribution in [2.45, 2.75) is 45.1 Å². The minimum atomic E-state index is 0.431. The number of hydrogen-bond donors (Lipinski definition) is 1. The molecule has 0 aromatic carbocycles. The van der Waals surface area contributed by atoms with Crippen molar-refractivity contribution in [1.82, 2.24) is 5.32 Å². The quantitative estimate of drug-likeness (QED) is 0.884. The van der Waals surface area contributed by atoms with Crippen LogP contribution in [0.15, 0.2) is 21.4 Å². The molecule has 1 aromatic heterocycles. The number of hydrogen-bond acceptors (Lipinski definition) is 2. The molecular formula is C14H22BrNO. The lowest BCUT2D eigenvalue weighted by atomic mass is 9.76. The van der Waals surface area contributed by atoms with Crippen molar-refractivity contribution in [3.05, 3.63) is 22.6 Å². The molecule has 0 bridgehead atoms. The molecule has 1 N–H and O–H groups in total. The molecule has 0 amide bonds. The van der Waals surface area contributed by atoms with Gasteiger partial charge in [0.2, 0.25) is 0 Å². The van der Waals surface area contributed by atoms with Crippen molar-refractivity contribution >= 4 is 15.9 Å². The second kappa shape index (κ2) is 6.05. The van der Waals surface area contributed by atoms with Crippen LogP contribution in [0.25, 0.3) is 0 Å². The van der Waals surface area contributed by atoms with Crippen LogP contribution in [0.1, 0.15) is 50.6 Å². The fourth-order valence-corrected chi connectivity index (χ4v) is 3.59. The van der Waals surface area contributed by atoms with E-state index in [0.29, 0.717) is 6.04 Å². The average Bonchev–Trinajstić information content (AvgIpc) is 2.78. The SMILES string of the molecule is CCC1CCC(C(NC)c2ccoc2Br)CC1. The maximum absolute atomic E-state index is 5.36. The lowest BCUT2D eigenvalue weighted by Crippen LogP contribution is -2.28. The first-order valence-corrected chi connectivity index (χ1v) is 7.45. The van der Waals surface area contributed by atoms with Gasteiger partial charge in [-0.15, -0.1) is 0 Å². The molecule has 1 atom stereocenters. The Kier molecular flexibility index (Phi) is 4.69. The van der Waals surface area contributed by atoms with Gasteiger partial charge >= 0.3 is 0 Å². The average molecular weight is 300 g/mol. The molecule has 1 heterocycles. The topological polar surface area (TPSA) is 25.2 Å². The third-order valence-electron chi connectivity index (χ3n) is 4.23. The van der Waals surface area contributed by atoms with Crippen molar-refractivity contribution < 1.29 is 4.42 Å². The van der Waals surface area contributed by atoms with Crippen molar-refractivity contribution in [3.8, 4) is 0 Å². The highest BCUT2D eigenvalue weighted by atomic mass is 79.9. The van der Waals surface area contributed by atoms with Crippen LogP contribution in [0.4, 0.5) is 0 Å². The number of halogens is 1. The summed E-state index contributed by atoms with van der Waals surface area (Å²) in [5, 5.41) is 3.46. The molecule has 0 spiro atoms. The molecule has 1 aliphatic carbocycles. The van der Waals surface area contributed by atoms with Gasteiger partial charge in [0.15, 0.2) is 4.67 Å². The van der Waals surface area contributed by atoms with Crippen LogP contribution in [-0.4, -0.2) is 7.05 Å². The van der Waals surface area contributed by atoms with E-state index in [1.54, 1.807) is 6.26 Å². The zero-order valence-electron chi connectivity index (χ0n) is 10.7. The van der Waals surface area contributed by atoms with Crippen LogP contribution in [0.3, 0.4) is 0 Å². The van der Waals surface area contributed by atoms with E-state index in [2.05, 4.69) is 41.3 Å². The maximum atomic E-state index is 5.36. The molecule has 2 nitrogen and oxygen atoms in total. The second-order valence-corrected chi connectivity index (χ2v) is 5.83. The fraction of sp³-hybridized carbons (Fsp3) is 0.714. The van der Waals surface area contributed by atoms with Gasteiger partial charge in [-0.25, -0.2) is 0 Å². The summed E-state index contributed by atoms with van der Waals surface area (Å²) in [6.07, 6.45) is 8.54. The number of nitrogens with one attached hydrogen (secondary N) is 1. The van der Waals surface area contributed by atoms with Crippen LogP contribution >= 0.6 is 15.9 Å². The highest BCUT2D eigenvalue weighted by Crippen LogP contribution is 2.39. The van der Waals surface area contributed by atoms with Gasteiger partial charge in [-0.3, -0.25) is 0 Å². The Morgan fingerprint density at radius 2 is 2.12 bits per heavy atom. The zero-order chi connectivity index (χ0) is 12.3. The molecule has 3 heteroatoms. The van der Waals surface area contributed by atoms with Gasteiger partial charge in [-0.1, -0.05) is 26.2 Å². The Hall–Kier alpha value is -0.280. The maximum Gasteiger partial charge on any atom is 0.173 e. The third kappa shape index (κ3) is 2.94.